The van der Waals surface area contributed by atoms with Crippen molar-refractivity contribution in [1.29, 1.82) is 0 Å². The summed E-state index contributed by atoms with van der Waals surface area (Å²) in [5.41, 5.74) is 2.47. The van der Waals surface area contributed by atoms with Crippen LogP contribution >= 0.6 is 34.4 Å². The molecule has 0 saturated carbocycles. The number of aromatic nitrogens is 3. The normalized spacial score (nSPS) is 11.4. The van der Waals surface area contributed by atoms with Crippen LogP contribution in [0.5, 0.6) is 0 Å². The minimum atomic E-state index is -0.157. The van der Waals surface area contributed by atoms with Crippen LogP contribution in [-0.2, 0) is 4.79 Å². The predicted molar refractivity (Wildman–Crippen MR) is 113 cm³/mol. The fourth-order valence-electron chi connectivity index (χ4n) is 2.75. The van der Waals surface area contributed by atoms with E-state index in [4.69, 9.17) is 0 Å². The summed E-state index contributed by atoms with van der Waals surface area (Å²) in [7, 11) is 0. The van der Waals surface area contributed by atoms with Crippen LogP contribution in [-0.4, -0.2) is 26.6 Å². The summed E-state index contributed by atoms with van der Waals surface area (Å²) >= 11 is 4.31. The maximum atomic E-state index is 12.3. The summed E-state index contributed by atoms with van der Waals surface area (Å²) in [5, 5.41) is 4.97. The van der Waals surface area contributed by atoms with E-state index in [1.54, 1.807) is 11.3 Å². The third-order valence-electron chi connectivity index (χ3n) is 4.14. The van der Waals surface area contributed by atoms with Crippen molar-refractivity contribution in [3.63, 3.8) is 0 Å². The van der Waals surface area contributed by atoms with Crippen molar-refractivity contribution in [2.45, 2.75) is 25.9 Å². The number of thiazole rings is 1. The molecule has 4 rings (SSSR count). The summed E-state index contributed by atoms with van der Waals surface area (Å²) in [4.78, 5) is 38.0. The van der Waals surface area contributed by atoms with Gasteiger partial charge in [0.2, 0.25) is 5.91 Å². The quantitative estimate of drug-likeness (QED) is 0.384. The number of hydrogen-bond acceptors (Lipinski definition) is 7. The van der Waals surface area contributed by atoms with Gasteiger partial charge in [0.1, 0.15) is 4.83 Å². The van der Waals surface area contributed by atoms with Crippen LogP contribution < -0.4 is 10.9 Å². The van der Waals surface area contributed by atoms with Gasteiger partial charge in [-0.25, -0.2) is 9.97 Å². The zero-order valence-electron chi connectivity index (χ0n) is 14.9. The number of hydrogen-bond donors (Lipinski definition) is 2. The summed E-state index contributed by atoms with van der Waals surface area (Å²) in [5.74, 6) is 0.0132. The average molecular weight is 417 g/mol. The molecule has 0 bridgehead atoms. The number of anilines is 1. The lowest BCUT2D eigenvalue weighted by molar-refractivity contribution is -0.113. The van der Waals surface area contributed by atoms with Crippen molar-refractivity contribution in [3.8, 4) is 0 Å². The van der Waals surface area contributed by atoms with Crippen LogP contribution in [0.15, 0.2) is 28.2 Å². The van der Waals surface area contributed by atoms with Crippen LogP contribution in [0.25, 0.3) is 20.4 Å². The third kappa shape index (κ3) is 3.62. The van der Waals surface area contributed by atoms with Gasteiger partial charge in [0.25, 0.3) is 5.56 Å². The molecule has 2 N–H and O–H groups in total. The van der Waals surface area contributed by atoms with E-state index in [2.05, 4.69) is 20.3 Å². The molecule has 6 nitrogen and oxygen atoms in total. The van der Waals surface area contributed by atoms with Gasteiger partial charge in [0.15, 0.2) is 5.16 Å². The Morgan fingerprint density at radius 1 is 1.22 bits per heavy atom. The Labute approximate surface area is 167 Å². The molecular weight excluding hydrogens is 400 g/mol. The molecule has 0 aliphatic carbocycles. The van der Waals surface area contributed by atoms with Gasteiger partial charge >= 0.3 is 0 Å². The number of carbonyl (C=O) groups is 1. The van der Waals surface area contributed by atoms with E-state index in [1.807, 2.05) is 39.0 Å². The highest BCUT2D eigenvalue weighted by Gasteiger charge is 2.13. The lowest BCUT2D eigenvalue weighted by Gasteiger charge is -2.05. The van der Waals surface area contributed by atoms with E-state index in [0.717, 1.165) is 31.4 Å². The van der Waals surface area contributed by atoms with E-state index < -0.39 is 0 Å². The van der Waals surface area contributed by atoms with Gasteiger partial charge in [0.05, 0.1) is 26.4 Å². The highest BCUT2D eigenvalue weighted by atomic mass is 32.2. The van der Waals surface area contributed by atoms with Crippen molar-refractivity contribution in [2.24, 2.45) is 0 Å². The fourth-order valence-corrected chi connectivity index (χ4v) is 5.37. The van der Waals surface area contributed by atoms with Gasteiger partial charge in [-0.15, -0.1) is 22.7 Å². The maximum absolute atomic E-state index is 12.3. The zero-order valence-corrected chi connectivity index (χ0v) is 17.3. The number of thioether (sulfide) groups is 1. The number of amides is 1. The van der Waals surface area contributed by atoms with Gasteiger partial charge in [-0.3, -0.25) is 9.59 Å². The summed E-state index contributed by atoms with van der Waals surface area (Å²) < 4.78 is 1.04. The fraction of sp³-hybridized carbons (Fsp3) is 0.222. The summed E-state index contributed by atoms with van der Waals surface area (Å²) in [6, 6.07) is 5.66. The number of aryl methyl sites for hydroxylation is 3. The first-order valence-electron chi connectivity index (χ1n) is 8.20. The van der Waals surface area contributed by atoms with Crippen molar-refractivity contribution in [1.82, 2.24) is 15.0 Å². The molecule has 3 aromatic heterocycles. The molecule has 4 aromatic rings. The second-order valence-corrected chi connectivity index (χ2v) is 9.49. The second kappa shape index (κ2) is 7.06. The topological polar surface area (TPSA) is 87.7 Å². The van der Waals surface area contributed by atoms with E-state index in [-0.39, 0.29) is 17.2 Å². The van der Waals surface area contributed by atoms with Crippen LogP contribution in [0, 0.1) is 20.8 Å². The lowest BCUT2D eigenvalue weighted by atomic mass is 10.2. The average Bonchev–Trinajstić information content (AvgIpc) is 3.11. The van der Waals surface area contributed by atoms with E-state index in [9.17, 15) is 9.59 Å². The standard InChI is InChI=1S/C18H16N4O2S3/c1-8-9(2)26-17-15(8)16(24)21-18(22-17)25-7-14(23)20-11-4-5-12-13(6-11)27-10(3)19-12/h4-6H,7H2,1-3H3,(H,20,23)(H,21,22,24). The molecule has 0 fully saturated rings. The van der Waals surface area contributed by atoms with Crippen molar-refractivity contribution in [2.75, 3.05) is 11.1 Å². The van der Waals surface area contributed by atoms with E-state index >= 15 is 0 Å². The molecule has 0 radical (unpaired) electrons. The van der Waals surface area contributed by atoms with Crippen LogP contribution in [0.4, 0.5) is 5.69 Å². The number of nitrogens with one attached hydrogen (secondary N) is 2. The molecule has 1 aromatic carbocycles. The lowest BCUT2D eigenvalue weighted by Crippen LogP contribution is -2.15. The molecule has 1 amide bonds. The van der Waals surface area contributed by atoms with Crippen LogP contribution in [0.2, 0.25) is 0 Å². The van der Waals surface area contributed by atoms with Crippen molar-refractivity contribution in [3.05, 3.63) is 44.0 Å². The second-order valence-electron chi connectivity index (χ2n) is 6.09. The van der Waals surface area contributed by atoms with Gasteiger partial charge in [-0.2, -0.15) is 0 Å². The molecule has 0 spiro atoms. The monoisotopic (exact) mass is 416 g/mol. The minimum Gasteiger partial charge on any atom is -0.325 e. The largest absolute Gasteiger partial charge is 0.325 e. The number of fused-ring (bicyclic) bond motifs is 2. The number of benzene rings is 1. The molecule has 3 heterocycles. The highest BCUT2D eigenvalue weighted by molar-refractivity contribution is 7.99. The Hall–Kier alpha value is -2.23. The number of aromatic amines is 1. The van der Waals surface area contributed by atoms with Gasteiger partial charge < -0.3 is 10.3 Å². The van der Waals surface area contributed by atoms with Crippen LogP contribution in [0.3, 0.4) is 0 Å². The molecule has 9 heteroatoms. The number of H-pyrrole nitrogens is 1. The predicted octanol–water partition coefficient (Wildman–Crippen LogP) is 4.25. The number of rotatable bonds is 4. The SMILES string of the molecule is Cc1nc2ccc(NC(=O)CSc3nc4sc(C)c(C)c4c(=O)[nH]3)cc2s1. The highest BCUT2D eigenvalue weighted by Crippen LogP contribution is 2.28. The Kier molecular flexibility index (Phi) is 4.75. The van der Waals surface area contributed by atoms with Gasteiger partial charge in [0, 0.05) is 10.6 Å². The molecule has 0 unspecified atom stereocenters. The van der Waals surface area contributed by atoms with E-state index in [0.29, 0.717) is 15.4 Å². The minimum absolute atomic E-state index is 0.151. The van der Waals surface area contributed by atoms with Crippen LogP contribution in [0.1, 0.15) is 15.4 Å². The number of nitrogens with zero attached hydrogens (tertiary/aromatic N) is 2. The first kappa shape index (κ1) is 18.1. The third-order valence-corrected chi connectivity index (χ3v) is 7.04. The Bertz CT molecular complexity index is 1240. The van der Waals surface area contributed by atoms with Crippen molar-refractivity contribution >= 4 is 66.5 Å². The Morgan fingerprint density at radius 2 is 2.04 bits per heavy atom. The smallest absolute Gasteiger partial charge is 0.260 e. The molecule has 138 valence electrons. The van der Waals surface area contributed by atoms with Crippen molar-refractivity contribution < 1.29 is 4.79 Å². The number of thiophene rings is 1. The van der Waals surface area contributed by atoms with Gasteiger partial charge in [-0.1, -0.05) is 11.8 Å². The molecule has 0 saturated heterocycles. The molecule has 0 aliphatic rings. The Balaban J connectivity index is 1.46. The Morgan fingerprint density at radius 3 is 2.85 bits per heavy atom. The molecular formula is C18H16N4O2S3. The molecule has 0 aliphatic heterocycles. The summed E-state index contributed by atoms with van der Waals surface area (Å²) in [6.45, 7) is 5.86. The number of carbonyl (C=O) groups excluding carboxylic acids is 1. The zero-order chi connectivity index (χ0) is 19.1. The molecule has 0 atom stereocenters. The van der Waals surface area contributed by atoms with Gasteiger partial charge in [-0.05, 0) is 44.5 Å². The maximum Gasteiger partial charge on any atom is 0.260 e. The summed E-state index contributed by atoms with van der Waals surface area (Å²) in [6.07, 6.45) is 0. The first-order chi connectivity index (χ1) is 12.9. The molecule has 27 heavy (non-hydrogen) atoms. The van der Waals surface area contributed by atoms with E-state index in [1.165, 1.54) is 23.1 Å². The first-order valence-corrected chi connectivity index (χ1v) is 10.8.